The van der Waals surface area contributed by atoms with Crippen LogP contribution in [-0.2, 0) is 9.84 Å². The molecule has 0 unspecified atom stereocenters. The molecule has 0 spiro atoms. The lowest BCUT2D eigenvalue weighted by Crippen LogP contribution is -2.10. The molecule has 0 amide bonds. The van der Waals surface area contributed by atoms with Crippen LogP contribution in [-0.4, -0.2) is 24.4 Å². The van der Waals surface area contributed by atoms with Crippen molar-refractivity contribution in [3.8, 4) is 0 Å². The van der Waals surface area contributed by atoms with E-state index in [1.807, 2.05) is 0 Å². The van der Waals surface area contributed by atoms with Gasteiger partial charge in [0.15, 0.2) is 0 Å². The molecule has 21 heavy (non-hydrogen) atoms. The number of non-ortho nitro benzene ring substituents is 1. The number of nitro benzene ring substituents is 1. The van der Waals surface area contributed by atoms with Crippen molar-refractivity contribution >= 4 is 21.5 Å². The standard InChI is InChI=1S/C13H9NO6S/c15-13(16)11-7-6-9(14(17)18)8-12(11)21(19,20)10-4-2-1-3-5-10/h1-8H,(H,15,16). The van der Waals surface area contributed by atoms with Crippen molar-refractivity contribution in [2.45, 2.75) is 9.79 Å². The van der Waals surface area contributed by atoms with Crippen LogP contribution in [0.3, 0.4) is 0 Å². The Balaban J connectivity index is 2.74. The lowest BCUT2D eigenvalue weighted by atomic mass is 10.2. The highest BCUT2D eigenvalue weighted by molar-refractivity contribution is 7.91. The quantitative estimate of drug-likeness (QED) is 0.683. The Morgan fingerprint density at radius 2 is 1.71 bits per heavy atom. The van der Waals surface area contributed by atoms with Gasteiger partial charge in [-0.05, 0) is 18.2 Å². The van der Waals surface area contributed by atoms with E-state index in [-0.39, 0.29) is 4.90 Å². The molecule has 2 aromatic rings. The minimum atomic E-state index is -4.16. The van der Waals surface area contributed by atoms with Gasteiger partial charge >= 0.3 is 5.97 Å². The van der Waals surface area contributed by atoms with Gasteiger partial charge < -0.3 is 5.11 Å². The maximum Gasteiger partial charge on any atom is 0.337 e. The van der Waals surface area contributed by atoms with Crippen molar-refractivity contribution in [3.63, 3.8) is 0 Å². The van der Waals surface area contributed by atoms with Crippen LogP contribution in [0.2, 0.25) is 0 Å². The maximum atomic E-state index is 12.4. The summed E-state index contributed by atoms with van der Waals surface area (Å²) in [5, 5.41) is 19.8. The van der Waals surface area contributed by atoms with Gasteiger partial charge in [-0.2, -0.15) is 0 Å². The number of nitro groups is 1. The van der Waals surface area contributed by atoms with Crippen molar-refractivity contribution < 1.29 is 23.2 Å². The van der Waals surface area contributed by atoms with Gasteiger partial charge in [0.25, 0.3) is 5.69 Å². The molecule has 2 aromatic carbocycles. The maximum absolute atomic E-state index is 12.4. The van der Waals surface area contributed by atoms with Crippen molar-refractivity contribution in [1.82, 2.24) is 0 Å². The van der Waals surface area contributed by atoms with Crippen LogP contribution in [0.4, 0.5) is 5.69 Å². The molecule has 0 saturated heterocycles. The van der Waals surface area contributed by atoms with Crippen LogP contribution in [0.1, 0.15) is 10.4 Å². The van der Waals surface area contributed by atoms with E-state index in [0.29, 0.717) is 0 Å². The Labute approximate surface area is 119 Å². The second-order valence-corrected chi connectivity index (χ2v) is 5.98. The van der Waals surface area contributed by atoms with Gasteiger partial charge in [0.05, 0.1) is 20.3 Å². The Bertz CT molecular complexity index is 814. The molecular weight excluding hydrogens is 298 g/mol. The number of nitrogens with zero attached hydrogens (tertiary/aromatic N) is 1. The number of sulfone groups is 1. The Morgan fingerprint density at radius 3 is 2.24 bits per heavy atom. The van der Waals surface area contributed by atoms with Crippen LogP contribution in [0.25, 0.3) is 0 Å². The van der Waals surface area contributed by atoms with Gasteiger partial charge in [-0.15, -0.1) is 0 Å². The van der Waals surface area contributed by atoms with Crippen molar-refractivity contribution in [3.05, 3.63) is 64.2 Å². The molecule has 0 aliphatic rings. The first kappa shape index (κ1) is 14.7. The highest BCUT2D eigenvalue weighted by atomic mass is 32.2. The monoisotopic (exact) mass is 307 g/mol. The van der Waals surface area contributed by atoms with Crippen LogP contribution in [0.5, 0.6) is 0 Å². The number of carbonyl (C=O) groups is 1. The fourth-order valence-electron chi connectivity index (χ4n) is 1.75. The number of carboxylic acids is 1. The van der Waals surface area contributed by atoms with E-state index in [2.05, 4.69) is 0 Å². The predicted molar refractivity (Wildman–Crippen MR) is 71.9 cm³/mol. The second kappa shape index (κ2) is 5.33. The summed E-state index contributed by atoms with van der Waals surface area (Å²) in [7, 11) is -4.16. The minimum absolute atomic E-state index is 0.131. The van der Waals surface area contributed by atoms with E-state index in [1.54, 1.807) is 6.07 Å². The number of carboxylic acid groups (broad SMARTS) is 1. The first-order valence-corrected chi connectivity index (χ1v) is 7.14. The normalized spacial score (nSPS) is 11.0. The van der Waals surface area contributed by atoms with Gasteiger partial charge in [-0.3, -0.25) is 10.1 Å². The first-order valence-electron chi connectivity index (χ1n) is 5.66. The first-order chi connectivity index (χ1) is 9.84. The number of hydrogen-bond donors (Lipinski definition) is 1. The molecule has 8 heteroatoms. The number of hydrogen-bond acceptors (Lipinski definition) is 5. The van der Waals surface area contributed by atoms with E-state index < -0.39 is 36.9 Å². The third-order valence-corrected chi connectivity index (χ3v) is 4.56. The minimum Gasteiger partial charge on any atom is -0.478 e. The summed E-state index contributed by atoms with van der Waals surface area (Å²) < 4.78 is 24.9. The van der Waals surface area contributed by atoms with Crippen LogP contribution < -0.4 is 0 Å². The summed E-state index contributed by atoms with van der Waals surface area (Å²) in [5.74, 6) is -1.47. The molecule has 0 heterocycles. The molecule has 0 saturated carbocycles. The largest absolute Gasteiger partial charge is 0.478 e. The molecule has 0 aromatic heterocycles. The molecule has 1 N–H and O–H groups in total. The zero-order valence-corrected chi connectivity index (χ0v) is 11.3. The van der Waals surface area contributed by atoms with E-state index in [0.717, 1.165) is 18.2 Å². The summed E-state index contributed by atoms with van der Waals surface area (Å²) >= 11 is 0. The van der Waals surface area contributed by atoms with Gasteiger partial charge in [-0.1, -0.05) is 18.2 Å². The predicted octanol–water partition coefficient (Wildman–Crippen LogP) is 2.13. The Hall–Kier alpha value is -2.74. The zero-order chi connectivity index (χ0) is 15.6. The van der Waals surface area contributed by atoms with E-state index in [4.69, 9.17) is 5.11 Å². The average molecular weight is 307 g/mol. The fourth-order valence-corrected chi connectivity index (χ4v) is 3.24. The molecule has 2 rings (SSSR count). The third-order valence-electron chi connectivity index (χ3n) is 2.75. The molecule has 108 valence electrons. The summed E-state index contributed by atoms with van der Waals surface area (Å²) in [6.07, 6.45) is 0. The van der Waals surface area contributed by atoms with Crippen LogP contribution in [0, 0.1) is 10.1 Å². The lowest BCUT2D eigenvalue weighted by Gasteiger charge is -2.07. The summed E-state index contributed by atoms with van der Waals surface area (Å²) in [6, 6.07) is 9.76. The lowest BCUT2D eigenvalue weighted by molar-refractivity contribution is -0.385. The zero-order valence-electron chi connectivity index (χ0n) is 10.5. The van der Waals surface area contributed by atoms with Crippen LogP contribution in [0.15, 0.2) is 58.3 Å². The second-order valence-electron chi connectivity index (χ2n) is 4.06. The average Bonchev–Trinajstić information content (AvgIpc) is 2.47. The van der Waals surface area contributed by atoms with Gasteiger partial charge in [0.2, 0.25) is 9.84 Å². The van der Waals surface area contributed by atoms with E-state index >= 15 is 0 Å². The topological polar surface area (TPSA) is 115 Å². The molecule has 0 aliphatic heterocycles. The number of rotatable bonds is 4. The Morgan fingerprint density at radius 1 is 1.10 bits per heavy atom. The molecule has 0 aliphatic carbocycles. The van der Waals surface area contributed by atoms with Gasteiger partial charge in [-0.25, -0.2) is 13.2 Å². The highest BCUT2D eigenvalue weighted by Crippen LogP contribution is 2.27. The summed E-state index contributed by atoms with van der Waals surface area (Å²) in [6.45, 7) is 0. The van der Waals surface area contributed by atoms with Crippen molar-refractivity contribution in [2.24, 2.45) is 0 Å². The van der Waals surface area contributed by atoms with Crippen LogP contribution >= 0.6 is 0 Å². The molecule has 0 fully saturated rings. The smallest absolute Gasteiger partial charge is 0.337 e. The summed E-state index contributed by atoms with van der Waals surface area (Å²) in [4.78, 5) is 20.4. The molecule has 0 bridgehead atoms. The van der Waals surface area contributed by atoms with Crippen molar-refractivity contribution in [1.29, 1.82) is 0 Å². The molecule has 0 atom stereocenters. The van der Waals surface area contributed by atoms with Crippen molar-refractivity contribution in [2.75, 3.05) is 0 Å². The molecule has 0 radical (unpaired) electrons. The van der Waals surface area contributed by atoms with Gasteiger partial charge in [0.1, 0.15) is 0 Å². The van der Waals surface area contributed by atoms with E-state index in [9.17, 15) is 23.3 Å². The molecule has 7 nitrogen and oxygen atoms in total. The number of benzene rings is 2. The Kier molecular flexibility index (Phi) is 3.72. The van der Waals surface area contributed by atoms with E-state index in [1.165, 1.54) is 24.3 Å². The number of aromatic carboxylic acids is 1. The SMILES string of the molecule is O=C(O)c1ccc([N+](=O)[O-])cc1S(=O)(=O)c1ccccc1. The highest BCUT2D eigenvalue weighted by Gasteiger charge is 2.26. The van der Waals surface area contributed by atoms with Gasteiger partial charge in [0, 0.05) is 12.1 Å². The fraction of sp³-hybridized carbons (Fsp3) is 0. The summed E-state index contributed by atoms with van der Waals surface area (Å²) in [5.41, 5.74) is -1.00. The third kappa shape index (κ3) is 2.75. The molecular formula is C13H9NO6S.